The molecule has 0 spiro atoms. The molecule has 2 aromatic rings. The third-order valence-electron chi connectivity index (χ3n) is 4.58. The molecule has 0 N–H and O–H groups in total. The van der Waals surface area contributed by atoms with E-state index in [2.05, 4.69) is 4.90 Å². The van der Waals surface area contributed by atoms with Gasteiger partial charge < -0.3 is 9.47 Å². The zero-order chi connectivity index (χ0) is 17.8. The topological polar surface area (TPSA) is 38.8 Å². The first-order valence-corrected chi connectivity index (χ1v) is 8.40. The van der Waals surface area contributed by atoms with Gasteiger partial charge in [-0.25, -0.2) is 9.18 Å². The van der Waals surface area contributed by atoms with Gasteiger partial charge in [-0.2, -0.15) is 0 Å². The van der Waals surface area contributed by atoms with E-state index in [1.54, 1.807) is 37.4 Å². The Morgan fingerprint density at radius 3 is 2.52 bits per heavy atom. The maximum Gasteiger partial charge on any atom is 0.337 e. The van der Waals surface area contributed by atoms with Crippen LogP contribution in [0, 0.1) is 5.82 Å². The summed E-state index contributed by atoms with van der Waals surface area (Å²) in [6, 6.07) is 9.96. The van der Waals surface area contributed by atoms with Crippen LogP contribution in [0.1, 0.15) is 28.8 Å². The monoisotopic (exact) mass is 343 g/mol. The second-order valence-corrected chi connectivity index (χ2v) is 6.19. The van der Waals surface area contributed by atoms with E-state index in [4.69, 9.17) is 9.47 Å². The van der Waals surface area contributed by atoms with E-state index < -0.39 is 0 Å². The van der Waals surface area contributed by atoms with E-state index in [1.165, 1.54) is 26.0 Å². The Hall–Kier alpha value is -2.40. The number of esters is 1. The van der Waals surface area contributed by atoms with Crippen molar-refractivity contribution in [3.05, 3.63) is 53.3 Å². The molecule has 0 saturated carbocycles. The lowest BCUT2D eigenvalue weighted by molar-refractivity contribution is 0.0600. The van der Waals surface area contributed by atoms with E-state index in [-0.39, 0.29) is 11.8 Å². The first-order chi connectivity index (χ1) is 12.1. The number of rotatable bonds is 5. The van der Waals surface area contributed by atoms with Crippen molar-refractivity contribution < 1.29 is 18.7 Å². The third kappa shape index (κ3) is 3.82. The molecule has 1 aliphatic heterocycles. The van der Waals surface area contributed by atoms with Crippen LogP contribution in [0.3, 0.4) is 0 Å². The van der Waals surface area contributed by atoms with Crippen molar-refractivity contribution in [2.24, 2.45) is 0 Å². The van der Waals surface area contributed by atoms with Gasteiger partial charge in [0.15, 0.2) is 0 Å². The fourth-order valence-corrected chi connectivity index (χ4v) is 3.25. The minimum absolute atomic E-state index is 0.311. The molecular weight excluding hydrogens is 321 g/mol. The highest BCUT2D eigenvalue weighted by Gasteiger charge is 2.18. The summed E-state index contributed by atoms with van der Waals surface area (Å²) in [6.45, 7) is 2.71. The SMILES string of the molecule is COC(=O)c1ccc(-c2cc(OC)ccc2F)c(CN2CCCC2)c1. The normalized spacial score (nSPS) is 14.5. The number of methoxy groups -OCH3 is 2. The molecule has 1 fully saturated rings. The van der Waals surface area contributed by atoms with Crippen molar-refractivity contribution in [2.45, 2.75) is 19.4 Å². The molecule has 0 unspecified atom stereocenters. The Balaban J connectivity index is 2.06. The summed E-state index contributed by atoms with van der Waals surface area (Å²) >= 11 is 0. The van der Waals surface area contributed by atoms with Crippen molar-refractivity contribution in [1.29, 1.82) is 0 Å². The zero-order valence-corrected chi connectivity index (χ0v) is 14.5. The minimum Gasteiger partial charge on any atom is -0.497 e. The summed E-state index contributed by atoms with van der Waals surface area (Å²) in [6.07, 6.45) is 2.33. The van der Waals surface area contributed by atoms with E-state index in [9.17, 15) is 9.18 Å². The Bertz CT molecular complexity index is 770. The highest BCUT2D eigenvalue weighted by molar-refractivity contribution is 5.90. The zero-order valence-electron chi connectivity index (χ0n) is 14.5. The lowest BCUT2D eigenvalue weighted by atomic mass is 9.96. The molecule has 1 heterocycles. The molecule has 1 saturated heterocycles. The Kier molecular flexibility index (Phi) is 5.34. The van der Waals surface area contributed by atoms with Gasteiger partial charge in [-0.15, -0.1) is 0 Å². The molecule has 5 heteroatoms. The third-order valence-corrected chi connectivity index (χ3v) is 4.58. The van der Waals surface area contributed by atoms with Crippen LogP contribution in [0.25, 0.3) is 11.1 Å². The standard InChI is InChI=1S/C20H22FNO3/c1-24-16-6-8-19(21)18(12-16)17-7-5-14(20(23)25-2)11-15(17)13-22-9-3-4-10-22/h5-8,11-12H,3-4,9-10,13H2,1-2H3. The number of nitrogens with zero attached hydrogens (tertiary/aromatic N) is 1. The van der Waals surface area contributed by atoms with Gasteiger partial charge in [-0.3, -0.25) is 4.90 Å². The maximum absolute atomic E-state index is 14.4. The van der Waals surface area contributed by atoms with Gasteiger partial charge in [0.25, 0.3) is 0 Å². The number of carbonyl (C=O) groups excluding carboxylic acids is 1. The van der Waals surface area contributed by atoms with Crippen LogP contribution >= 0.6 is 0 Å². The van der Waals surface area contributed by atoms with Crippen LogP contribution in [0.2, 0.25) is 0 Å². The first-order valence-electron chi connectivity index (χ1n) is 8.40. The molecule has 2 aromatic carbocycles. The van der Waals surface area contributed by atoms with E-state index in [1.807, 2.05) is 0 Å². The number of hydrogen-bond donors (Lipinski definition) is 0. The molecule has 1 aliphatic rings. The number of hydrogen-bond acceptors (Lipinski definition) is 4. The largest absolute Gasteiger partial charge is 0.497 e. The fraction of sp³-hybridized carbons (Fsp3) is 0.350. The molecule has 0 amide bonds. The molecule has 25 heavy (non-hydrogen) atoms. The highest BCUT2D eigenvalue weighted by Crippen LogP contribution is 2.32. The van der Waals surface area contributed by atoms with Crippen molar-refractivity contribution in [3.63, 3.8) is 0 Å². The molecule has 3 rings (SSSR count). The fourth-order valence-electron chi connectivity index (χ4n) is 3.25. The second-order valence-electron chi connectivity index (χ2n) is 6.19. The molecule has 0 aliphatic carbocycles. The summed E-state index contributed by atoms with van der Waals surface area (Å²) in [5, 5.41) is 0. The molecule has 0 bridgehead atoms. The van der Waals surface area contributed by atoms with Crippen molar-refractivity contribution in [1.82, 2.24) is 4.90 Å². The van der Waals surface area contributed by atoms with Gasteiger partial charge in [0, 0.05) is 12.1 Å². The van der Waals surface area contributed by atoms with Gasteiger partial charge in [-0.1, -0.05) is 6.07 Å². The van der Waals surface area contributed by atoms with Gasteiger partial charge in [0.05, 0.1) is 19.8 Å². The number of benzene rings is 2. The minimum atomic E-state index is -0.389. The maximum atomic E-state index is 14.4. The van der Waals surface area contributed by atoms with Crippen molar-refractivity contribution in [2.75, 3.05) is 27.3 Å². The molecule has 132 valence electrons. The molecular formula is C20H22FNO3. The predicted molar refractivity (Wildman–Crippen MR) is 94.2 cm³/mol. The second kappa shape index (κ2) is 7.66. The molecule has 0 radical (unpaired) electrons. The number of carbonyl (C=O) groups is 1. The molecule has 4 nitrogen and oxygen atoms in total. The lowest BCUT2D eigenvalue weighted by Crippen LogP contribution is -2.19. The number of likely N-dealkylation sites (tertiary alicyclic amines) is 1. The Morgan fingerprint density at radius 1 is 1.08 bits per heavy atom. The predicted octanol–water partition coefficient (Wildman–Crippen LogP) is 3.88. The van der Waals surface area contributed by atoms with Crippen molar-refractivity contribution in [3.8, 4) is 16.9 Å². The Morgan fingerprint density at radius 2 is 1.84 bits per heavy atom. The quantitative estimate of drug-likeness (QED) is 0.772. The summed E-state index contributed by atoms with van der Waals surface area (Å²) in [7, 11) is 2.92. The summed E-state index contributed by atoms with van der Waals surface area (Å²) < 4.78 is 24.5. The number of ether oxygens (including phenoxy) is 2. The first kappa shape index (κ1) is 17.4. The van der Waals surface area contributed by atoms with Gasteiger partial charge >= 0.3 is 5.97 Å². The average molecular weight is 343 g/mol. The smallest absolute Gasteiger partial charge is 0.337 e. The van der Waals surface area contributed by atoms with Crippen LogP contribution in [-0.2, 0) is 11.3 Å². The summed E-state index contributed by atoms with van der Waals surface area (Å²) in [4.78, 5) is 14.2. The van der Waals surface area contributed by atoms with Crippen LogP contribution in [0.15, 0.2) is 36.4 Å². The van der Waals surface area contributed by atoms with E-state index in [0.717, 1.165) is 24.2 Å². The van der Waals surface area contributed by atoms with Crippen molar-refractivity contribution >= 4 is 5.97 Å². The van der Waals surface area contributed by atoms with Gasteiger partial charge in [0.1, 0.15) is 11.6 Å². The van der Waals surface area contributed by atoms with E-state index in [0.29, 0.717) is 23.4 Å². The summed E-state index contributed by atoms with van der Waals surface area (Å²) in [5.41, 5.74) is 2.64. The summed E-state index contributed by atoms with van der Waals surface area (Å²) in [5.74, 6) is -0.102. The Labute approximate surface area is 147 Å². The van der Waals surface area contributed by atoms with Crippen LogP contribution in [0.4, 0.5) is 4.39 Å². The number of halogens is 1. The molecule has 0 atom stereocenters. The average Bonchev–Trinajstić information content (AvgIpc) is 3.14. The highest BCUT2D eigenvalue weighted by atomic mass is 19.1. The lowest BCUT2D eigenvalue weighted by Gasteiger charge is -2.19. The molecule has 0 aromatic heterocycles. The van der Waals surface area contributed by atoms with Crippen LogP contribution in [0.5, 0.6) is 5.75 Å². The van der Waals surface area contributed by atoms with E-state index >= 15 is 0 Å². The van der Waals surface area contributed by atoms with Gasteiger partial charge in [-0.05, 0) is 67.4 Å². The van der Waals surface area contributed by atoms with Crippen LogP contribution < -0.4 is 4.74 Å². The van der Waals surface area contributed by atoms with Gasteiger partial charge in [0.2, 0.25) is 0 Å². The van der Waals surface area contributed by atoms with Crippen LogP contribution in [-0.4, -0.2) is 38.2 Å².